The molecule has 5 aliphatic heterocycles. The molecule has 0 unspecified atom stereocenters. The van der Waals surface area contributed by atoms with Crippen molar-refractivity contribution < 1.29 is 23.9 Å². The van der Waals surface area contributed by atoms with E-state index in [0.717, 1.165) is 18.4 Å². The van der Waals surface area contributed by atoms with Crippen molar-refractivity contribution in [3.8, 4) is 11.5 Å². The Morgan fingerprint density at radius 2 is 1.91 bits per heavy atom. The lowest BCUT2D eigenvalue weighted by atomic mass is 9.75. The average Bonchev–Trinajstić information content (AvgIpc) is 3.55. The summed E-state index contributed by atoms with van der Waals surface area (Å²) in [7, 11) is 0. The zero-order valence-electron chi connectivity index (χ0n) is 17.8. The van der Waals surface area contributed by atoms with Gasteiger partial charge in [0.15, 0.2) is 11.5 Å². The minimum Gasteiger partial charge on any atom is -0.454 e. The van der Waals surface area contributed by atoms with Gasteiger partial charge in [0, 0.05) is 17.7 Å². The number of benzene rings is 2. The molecule has 168 valence electrons. The van der Waals surface area contributed by atoms with Crippen molar-refractivity contribution in [1.29, 1.82) is 0 Å². The third kappa shape index (κ3) is 2.18. The summed E-state index contributed by atoms with van der Waals surface area (Å²) in [5, 5.41) is 3.39. The van der Waals surface area contributed by atoms with Crippen LogP contribution in [0.15, 0.2) is 30.3 Å². The van der Waals surface area contributed by atoms with Crippen molar-refractivity contribution in [2.45, 2.75) is 31.3 Å². The standard InChI is InChI=1S/C24H20ClN3O5/c1-11-7-13-20(14(25)8-11)26-23(31)24(13)19-18(15-3-2-6-27(15)24)21(29)28(22(19)30)12-4-5-16-17(9-12)33-10-32-16/h4-5,7-9,15,18-19H,2-3,6,10H2,1H3,(H,26,31)/t15-,18-,19-,24+/m1/s1. The summed E-state index contributed by atoms with van der Waals surface area (Å²) in [6, 6.07) is 8.59. The Hall–Kier alpha value is -3.10. The summed E-state index contributed by atoms with van der Waals surface area (Å²) in [5.74, 6) is -1.25. The maximum Gasteiger partial charge on any atom is 0.250 e. The van der Waals surface area contributed by atoms with Crippen molar-refractivity contribution in [2.75, 3.05) is 23.6 Å². The normalized spacial score (nSPS) is 31.4. The van der Waals surface area contributed by atoms with E-state index in [9.17, 15) is 14.4 Å². The fourth-order valence-electron chi connectivity index (χ4n) is 6.67. The number of fused-ring (bicyclic) bond motifs is 8. The molecule has 8 nitrogen and oxygen atoms in total. The molecular formula is C24H20ClN3O5. The number of ether oxygens (including phenoxy) is 2. The van der Waals surface area contributed by atoms with Crippen molar-refractivity contribution in [2.24, 2.45) is 11.8 Å². The second-order valence-corrected chi connectivity index (χ2v) is 9.75. The maximum absolute atomic E-state index is 14.0. The fraction of sp³-hybridized carbons (Fsp3) is 0.375. The van der Waals surface area contributed by atoms with Gasteiger partial charge in [0.05, 0.1) is 28.2 Å². The predicted octanol–water partition coefficient (Wildman–Crippen LogP) is 2.81. The first-order valence-corrected chi connectivity index (χ1v) is 11.5. The highest BCUT2D eigenvalue weighted by molar-refractivity contribution is 6.35. The molecule has 1 spiro atoms. The van der Waals surface area contributed by atoms with E-state index in [2.05, 4.69) is 10.2 Å². The van der Waals surface area contributed by atoms with E-state index >= 15 is 0 Å². The zero-order valence-corrected chi connectivity index (χ0v) is 18.5. The van der Waals surface area contributed by atoms with Gasteiger partial charge < -0.3 is 14.8 Å². The van der Waals surface area contributed by atoms with Crippen LogP contribution in [0.2, 0.25) is 5.02 Å². The number of carbonyl (C=O) groups is 3. The van der Waals surface area contributed by atoms with Crippen LogP contribution in [0.1, 0.15) is 24.0 Å². The predicted molar refractivity (Wildman–Crippen MR) is 118 cm³/mol. The second kappa shape index (κ2) is 6.27. The van der Waals surface area contributed by atoms with Crippen LogP contribution >= 0.6 is 11.6 Å². The number of imide groups is 1. The lowest BCUT2D eigenvalue weighted by Crippen LogP contribution is -2.54. The molecule has 7 rings (SSSR count). The first kappa shape index (κ1) is 19.4. The van der Waals surface area contributed by atoms with Crippen LogP contribution in [0.3, 0.4) is 0 Å². The van der Waals surface area contributed by atoms with Crippen LogP contribution in [-0.2, 0) is 19.9 Å². The quantitative estimate of drug-likeness (QED) is 0.652. The number of aryl methyl sites for hydroxylation is 1. The van der Waals surface area contributed by atoms with E-state index in [1.54, 1.807) is 24.3 Å². The highest BCUT2D eigenvalue weighted by Crippen LogP contribution is 2.61. The number of nitrogens with zero attached hydrogens (tertiary/aromatic N) is 2. The van der Waals surface area contributed by atoms with E-state index in [1.807, 2.05) is 13.0 Å². The lowest BCUT2D eigenvalue weighted by molar-refractivity contribution is -0.135. The van der Waals surface area contributed by atoms with E-state index in [0.29, 0.717) is 40.0 Å². The molecular weight excluding hydrogens is 446 g/mol. The molecule has 5 heterocycles. The Kier molecular flexibility index (Phi) is 3.68. The van der Waals surface area contributed by atoms with Gasteiger partial charge in [0.2, 0.25) is 18.6 Å². The minimum absolute atomic E-state index is 0.100. The molecule has 9 heteroatoms. The summed E-state index contributed by atoms with van der Waals surface area (Å²) in [4.78, 5) is 44.8. The summed E-state index contributed by atoms with van der Waals surface area (Å²) in [6.07, 6.45) is 1.63. The number of halogens is 1. The summed E-state index contributed by atoms with van der Waals surface area (Å²) < 4.78 is 10.8. The number of nitrogens with one attached hydrogen (secondary N) is 1. The zero-order chi connectivity index (χ0) is 22.6. The van der Waals surface area contributed by atoms with Crippen LogP contribution in [0, 0.1) is 18.8 Å². The monoisotopic (exact) mass is 465 g/mol. The van der Waals surface area contributed by atoms with Crippen molar-refractivity contribution >= 4 is 40.7 Å². The second-order valence-electron chi connectivity index (χ2n) is 9.35. The molecule has 0 radical (unpaired) electrons. The van der Waals surface area contributed by atoms with E-state index < -0.39 is 17.4 Å². The van der Waals surface area contributed by atoms with Crippen LogP contribution in [0.25, 0.3) is 0 Å². The van der Waals surface area contributed by atoms with Crippen LogP contribution in [0.4, 0.5) is 11.4 Å². The molecule has 3 amide bonds. The molecule has 0 aliphatic carbocycles. The van der Waals surface area contributed by atoms with Gasteiger partial charge in [0.25, 0.3) is 5.91 Å². The largest absolute Gasteiger partial charge is 0.454 e. The molecule has 3 fully saturated rings. The van der Waals surface area contributed by atoms with E-state index in [-0.39, 0.29) is 30.6 Å². The molecule has 4 atom stereocenters. The fourth-order valence-corrected chi connectivity index (χ4v) is 7.00. The van der Waals surface area contributed by atoms with Gasteiger partial charge in [0.1, 0.15) is 5.54 Å². The smallest absolute Gasteiger partial charge is 0.250 e. The van der Waals surface area contributed by atoms with Gasteiger partial charge in [-0.15, -0.1) is 0 Å². The Morgan fingerprint density at radius 1 is 1.09 bits per heavy atom. The summed E-state index contributed by atoms with van der Waals surface area (Å²) in [6.45, 7) is 2.67. The van der Waals surface area contributed by atoms with Crippen LogP contribution in [0.5, 0.6) is 11.5 Å². The first-order valence-electron chi connectivity index (χ1n) is 11.1. The SMILES string of the molecule is Cc1cc(Cl)c2c(c1)[C@@]1(C(=O)N2)[C@H]2C(=O)N(c3ccc4c(c3)OCO4)C(=O)[C@@H]2[C@H]2CCCN21. The number of rotatable bonds is 1. The minimum atomic E-state index is -1.24. The number of anilines is 2. The molecule has 0 bridgehead atoms. The van der Waals surface area contributed by atoms with Crippen molar-refractivity contribution in [1.82, 2.24) is 4.90 Å². The Bertz CT molecular complexity index is 1300. The molecule has 0 aromatic heterocycles. The van der Waals surface area contributed by atoms with E-state index in [1.165, 1.54) is 4.90 Å². The Balaban J connectivity index is 1.42. The van der Waals surface area contributed by atoms with Gasteiger partial charge >= 0.3 is 0 Å². The number of amides is 3. The molecule has 2 aromatic carbocycles. The lowest BCUT2D eigenvalue weighted by Gasteiger charge is -2.36. The third-order valence-electron chi connectivity index (χ3n) is 7.81. The van der Waals surface area contributed by atoms with Gasteiger partial charge in [-0.1, -0.05) is 17.7 Å². The van der Waals surface area contributed by atoms with Gasteiger partial charge in [-0.25, -0.2) is 4.90 Å². The molecule has 0 saturated carbocycles. The molecule has 1 N–H and O–H groups in total. The van der Waals surface area contributed by atoms with Gasteiger partial charge in [-0.3, -0.25) is 19.3 Å². The Morgan fingerprint density at radius 3 is 2.76 bits per heavy atom. The molecule has 33 heavy (non-hydrogen) atoms. The highest BCUT2D eigenvalue weighted by atomic mass is 35.5. The van der Waals surface area contributed by atoms with Crippen molar-refractivity contribution in [3.63, 3.8) is 0 Å². The van der Waals surface area contributed by atoms with Gasteiger partial charge in [-0.2, -0.15) is 0 Å². The van der Waals surface area contributed by atoms with Gasteiger partial charge in [-0.05, 0) is 50.1 Å². The summed E-state index contributed by atoms with van der Waals surface area (Å²) in [5.41, 5.74) is 1.34. The highest BCUT2D eigenvalue weighted by Gasteiger charge is 2.74. The molecule has 2 aromatic rings. The topological polar surface area (TPSA) is 88.2 Å². The van der Waals surface area contributed by atoms with Crippen LogP contribution in [-0.4, -0.2) is 42.0 Å². The first-order chi connectivity index (χ1) is 15.9. The average molecular weight is 466 g/mol. The van der Waals surface area contributed by atoms with E-state index in [4.69, 9.17) is 21.1 Å². The number of carbonyl (C=O) groups excluding carboxylic acids is 3. The third-order valence-corrected chi connectivity index (χ3v) is 8.11. The van der Waals surface area contributed by atoms with Crippen LogP contribution < -0.4 is 19.7 Å². The van der Waals surface area contributed by atoms with Crippen molar-refractivity contribution in [3.05, 3.63) is 46.5 Å². The molecule has 3 saturated heterocycles. The molecule has 5 aliphatic rings. The maximum atomic E-state index is 14.0. The Labute approximate surface area is 194 Å². The number of hydrogen-bond acceptors (Lipinski definition) is 6. The summed E-state index contributed by atoms with van der Waals surface area (Å²) >= 11 is 6.51. The number of hydrogen-bond donors (Lipinski definition) is 1.